The van der Waals surface area contributed by atoms with Gasteiger partial charge in [-0.15, -0.1) is 0 Å². The van der Waals surface area contributed by atoms with Gasteiger partial charge in [-0.25, -0.2) is 0 Å². The van der Waals surface area contributed by atoms with Gasteiger partial charge in [-0.1, -0.05) is 18.2 Å². The number of carbonyl (C=O) groups excluding carboxylic acids is 3. The van der Waals surface area contributed by atoms with Crippen LogP contribution in [0.2, 0.25) is 0 Å². The summed E-state index contributed by atoms with van der Waals surface area (Å²) in [6.45, 7) is 1.08. The van der Waals surface area contributed by atoms with Crippen LogP contribution in [0.1, 0.15) is 22.8 Å². The molecule has 2 aromatic carbocycles. The van der Waals surface area contributed by atoms with Crippen LogP contribution in [0, 0.1) is 11.3 Å². The Morgan fingerprint density at radius 3 is 2.35 bits per heavy atom. The van der Waals surface area contributed by atoms with Crippen LogP contribution in [0.25, 0.3) is 0 Å². The van der Waals surface area contributed by atoms with E-state index in [-0.39, 0.29) is 6.54 Å². The average Bonchev–Trinajstić information content (AvgIpc) is 2.67. The van der Waals surface area contributed by atoms with Gasteiger partial charge in [-0.3, -0.25) is 14.4 Å². The van der Waals surface area contributed by atoms with Crippen LogP contribution in [0.4, 0.5) is 5.69 Å². The summed E-state index contributed by atoms with van der Waals surface area (Å²) in [5, 5.41) is 13.7. The fourth-order valence-electron chi connectivity index (χ4n) is 2.01. The molecule has 2 rings (SSSR count). The van der Waals surface area contributed by atoms with E-state index in [1.807, 2.05) is 6.07 Å². The molecule has 7 nitrogen and oxygen atoms in total. The fourth-order valence-corrected chi connectivity index (χ4v) is 2.01. The van der Waals surface area contributed by atoms with Crippen LogP contribution in [0.15, 0.2) is 54.6 Å². The Hall–Kier alpha value is -3.66. The molecule has 2 aromatic rings. The lowest BCUT2D eigenvalue weighted by atomic mass is 10.2. The smallest absolute Gasteiger partial charge is 0.326 e. The highest BCUT2D eigenvalue weighted by Gasteiger charge is 2.18. The molecule has 2 amide bonds. The van der Waals surface area contributed by atoms with E-state index in [0.29, 0.717) is 16.8 Å². The van der Waals surface area contributed by atoms with Crippen LogP contribution in [0.3, 0.4) is 0 Å². The second-order valence-corrected chi connectivity index (χ2v) is 5.36. The summed E-state index contributed by atoms with van der Waals surface area (Å²) < 4.78 is 5.00. The molecule has 0 bridgehead atoms. The van der Waals surface area contributed by atoms with Crippen LogP contribution in [-0.4, -0.2) is 30.4 Å². The average molecular weight is 351 g/mol. The van der Waals surface area contributed by atoms with Crippen molar-refractivity contribution < 1.29 is 19.1 Å². The molecule has 0 unspecified atom stereocenters. The van der Waals surface area contributed by atoms with Crippen molar-refractivity contribution in [3.05, 3.63) is 65.7 Å². The van der Waals surface area contributed by atoms with E-state index < -0.39 is 23.9 Å². The summed E-state index contributed by atoms with van der Waals surface area (Å²) in [7, 11) is 0. The van der Waals surface area contributed by atoms with E-state index in [1.54, 1.807) is 54.6 Å². The molecule has 0 aliphatic heterocycles. The molecule has 0 radical (unpaired) electrons. The molecule has 7 heteroatoms. The molecule has 0 aromatic heterocycles. The molecule has 1 atom stereocenters. The first-order valence-corrected chi connectivity index (χ1v) is 7.83. The third-order valence-corrected chi connectivity index (χ3v) is 3.39. The second kappa shape index (κ2) is 8.99. The van der Waals surface area contributed by atoms with E-state index in [9.17, 15) is 14.4 Å². The molecule has 0 aliphatic carbocycles. The number of ether oxygens (including phenoxy) is 1. The summed E-state index contributed by atoms with van der Waals surface area (Å²) >= 11 is 0. The van der Waals surface area contributed by atoms with Crippen molar-refractivity contribution in [1.82, 2.24) is 5.32 Å². The van der Waals surface area contributed by atoms with Gasteiger partial charge < -0.3 is 15.4 Å². The number of benzene rings is 2. The van der Waals surface area contributed by atoms with Crippen molar-refractivity contribution in [1.29, 1.82) is 5.26 Å². The molecule has 0 aliphatic rings. The van der Waals surface area contributed by atoms with Crippen molar-refractivity contribution in [2.24, 2.45) is 0 Å². The largest absolute Gasteiger partial charge is 0.451 e. The summed E-state index contributed by atoms with van der Waals surface area (Å²) in [5.41, 5.74) is 1.37. The fraction of sp³-hybridized carbons (Fsp3) is 0.158. The predicted molar refractivity (Wildman–Crippen MR) is 94.1 cm³/mol. The van der Waals surface area contributed by atoms with Gasteiger partial charge in [0.15, 0.2) is 6.10 Å². The van der Waals surface area contributed by atoms with Gasteiger partial charge in [0.25, 0.3) is 11.8 Å². The molecule has 0 spiro atoms. The molecule has 0 saturated heterocycles. The highest BCUT2D eigenvalue weighted by Crippen LogP contribution is 2.09. The van der Waals surface area contributed by atoms with Gasteiger partial charge in [0.2, 0.25) is 0 Å². The lowest BCUT2D eigenvalue weighted by Crippen LogP contribution is -2.35. The maximum atomic E-state index is 12.0. The first kappa shape index (κ1) is 18.7. The summed E-state index contributed by atoms with van der Waals surface area (Å²) in [5.74, 6) is -1.65. The first-order chi connectivity index (χ1) is 12.5. The molecular weight excluding hydrogens is 334 g/mol. The Morgan fingerprint density at radius 2 is 1.73 bits per heavy atom. The molecule has 132 valence electrons. The minimum atomic E-state index is -1.04. The monoisotopic (exact) mass is 351 g/mol. The maximum Gasteiger partial charge on any atom is 0.326 e. The Morgan fingerprint density at radius 1 is 1.08 bits per heavy atom. The molecule has 2 N–H and O–H groups in total. The number of nitrogens with one attached hydrogen (secondary N) is 2. The van der Waals surface area contributed by atoms with Gasteiger partial charge in [-0.05, 0) is 43.3 Å². The third kappa shape index (κ3) is 5.46. The zero-order valence-corrected chi connectivity index (χ0v) is 14.1. The number of hydrogen-bond donors (Lipinski definition) is 2. The first-order valence-electron chi connectivity index (χ1n) is 7.83. The quantitative estimate of drug-likeness (QED) is 0.772. The van der Waals surface area contributed by atoms with Gasteiger partial charge in [0.1, 0.15) is 6.54 Å². The predicted octanol–water partition coefficient (Wildman–Crippen LogP) is 1.86. The zero-order chi connectivity index (χ0) is 18.9. The molecule has 0 fully saturated rings. The van der Waals surface area contributed by atoms with E-state index in [2.05, 4.69) is 10.6 Å². The lowest BCUT2D eigenvalue weighted by molar-refractivity contribution is -0.152. The minimum absolute atomic E-state index is 0.345. The summed E-state index contributed by atoms with van der Waals surface area (Å²) in [6.07, 6.45) is -1.04. The van der Waals surface area contributed by atoms with E-state index in [1.165, 1.54) is 6.92 Å². The minimum Gasteiger partial charge on any atom is -0.451 e. The number of nitriles is 1. The van der Waals surface area contributed by atoms with Gasteiger partial charge in [-0.2, -0.15) is 5.26 Å². The number of nitrogens with zero attached hydrogens (tertiary/aromatic N) is 1. The standard InChI is InChI=1S/C19H17N3O4/c1-13(18(24)22-16-9-7-14(11-20)8-10-16)26-17(23)12-21-19(25)15-5-3-2-4-6-15/h2-10,13H,12H2,1H3,(H,21,25)(H,22,24)/t13-/m1/s1. The highest BCUT2D eigenvalue weighted by molar-refractivity contribution is 5.97. The number of rotatable bonds is 6. The molecular formula is C19H17N3O4. The molecule has 0 saturated carbocycles. The third-order valence-electron chi connectivity index (χ3n) is 3.39. The van der Waals surface area contributed by atoms with Gasteiger partial charge in [0.05, 0.1) is 11.6 Å². The lowest BCUT2D eigenvalue weighted by Gasteiger charge is -2.14. The van der Waals surface area contributed by atoms with Gasteiger partial charge >= 0.3 is 5.97 Å². The van der Waals surface area contributed by atoms with Crippen LogP contribution in [0.5, 0.6) is 0 Å². The van der Waals surface area contributed by atoms with Crippen molar-refractivity contribution in [3.8, 4) is 6.07 Å². The number of esters is 1. The zero-order valence-electron chi connectivity index (χ0n) is 14.1. The Balaban J connectivity index is 1.79. The van der Waals surface area contributed by atoms with Crippen LogP contribution in [-0.2, 0) is 14.3 Å². The van der Waals surface area contributed by atoms with Crippen LogP contribution >= 0.6 is 0 Å². The van der Waals surface area contributed by atoms with Gasteiger partial charge in [0, 0.05) is 11.3 Å². The second-order valence-electron chi connectivity index (χ2n) is 5.36. The van der Waals surface area contributed by atoms with E-state index >= 15 is 0 Å². The summed E-state index contributed by atoms with van der Waals surface area (Å²) in [4.78, 5) is 35.6. The molecule has 26 heavy (non-hydrogen) atoms. The topological polar surface area (TPSA) is 108 Å². The number of hydrogen-bond acceptors (Lipinski definition) is 5. The Labute approximate surface area is 150 Å². The van der Waals surface area contributed by atoms with Crippen molar-refractivity contribution in [3.63, 3.8) is 0 Å². The normalized spacial score (nSPS) is 10.9. The van der Waals surface area contributed by atoms with E-state index in [0.717, 1.165) is 0 Å². The summed E-state index contributed by atoms with van der Waals surface area (Å²) in [6, 6.07) is 16.7. The van der Waals surface area contributed by atoms with Crippen LogP contribution < -0.4 is 10.6 Å². The Kier molecular flexibility index (Phi) is 6.46. The van der Waals surface area contributed by atoms with Crippen molar-refractivity contribution in [2.75, 3.05) is 11.9 Å². The molecule has 0 heterocycles. The highest BCUT2D eigenvalue weighted by atomic mass is 16.5. The van der Waals surface area contributed by atoms with Crippen molar-refractivity contribution in [2.45, 2.75) is 13.0 Å². The number of amides is 2. The van der Waals surface area contributed by atoms with Crippen molar-refractivity contribution >= 4 is 23.5 Å². The Bertz CT molecular complexity index is 826. The SMILES string of the molecule is C[C@@H](OC(=O)CNC(=O)c1ccccc1)C(=O)Nc1ccc(C#N)cc1. The number of anilines is 1. The maximum absolute atomic E-state index is 12.0. The van der Waals surface area contributed by atoms with E-state index in [4.69, 9.17) is 10.00 Å². The number of carbonyl (C=O) groups is 3.